The summed E-state index contributed by atoms with van der Waals surface area (Å²) in [4.78, 5) is 25.8. The van der Waals surface area contributed by atoms with Crippen LogP contribution in [0.15, 0.2) is 48.8 Å². The van der Waals surface area contributed by atoms with Crippen LogP contribution in [0.1, 0.15) is 5.56 Å². The summed E-state index contributed by atoms with van der Waals surface area (Å²) in [5.74, 6) is 2.87. The first-order valence-corrected chi connectivity index (χ1v) is 12.3. The molecule has 202 valence electrons. The Balaban J connectivity index is 1.28. The van der Waals surface area contributed by atoms with Crippen LogP contribution in [0.3, 0.4) is 0 Å². The molecule has 0 atom stereocenters. The molecule has 0 bridgehead atoms. The summed E-state index contributed by atoms with van der Waals surface area (Å²) in [6.45, 7) is 2.27. The van der Waals surface area contributed by atoms with Crippen LogP contribution in [0, 0.1) is 0 Å². The second kappa shape index (κ2) is 11.3. The molecule has 0 N–H and O–H groups in total. The quantitative estimate of drug-likeness (QED) is 0.314. The van der Waals surface area contributed by atoms with Crippen molar-refractivity contribution in [3.8, 4) is 28.7 Å². The van der Waals surface area contributed by atoms with Crippen LogP contribution < -0.4 is 23.8 Å². The van der Waals surface area contributed by atoms with Crippen LogP contribution in [0.4, 0.5) is 5.82 Å². The largest absolute Gasteiger partial charge is 0.497 e. The lowest BCUT2D eigenvalue weighted by Crippen LogP contribution is -2.48. The second-order valence-corrected chi connectivity index (χ2v) is 8.68. The van der Waals surface area contributed by atoms with E-state index in [4.69, 9.17) is 18.9 Å². The van der Waals surface area contributed by atoms with Gasteiger partial charge in [0.05, 0.1) is 34.1 Å². The number of anilines is 1. The van der Waals surface area contributed by atoms with Crippen LogP contribution >= 0.6 is 0 Å². The van der Waals surface area contributed by atoms with E-state index in [-0.39, 0.29) is 5.91 Å². The molecule has 1 aliphatic heterocycles. The first kappa shape index (κ1) is 25.8. The number of amides is 1. The Labute approximate surface area is 225 Å². The summed E-state index contributed by atoms with van der Waals surface area (Å²) in [5.41, 5.74) is 2.75. The van der Waals surface area contributed by atoms with E-state index >= 15 is 0 Å². The summed E-state index contributed by atoms with van der Waals surface area (Å²) < 4.78 is 23.2. The Morgan fingerprint density at radius 3 is 2.31 bits per heavy atom. The zero-order chi connectivity index (χ0) is 27.4. The topological polar surface area (TPSA) is 117 Å². The number of hydrogen-bond acceptors (Lipinski definition) is 10. The molecule has 0 spiro atoms. The number of carbonyl (C=O) groups excluding carboxylic acids is 1. The highest BCUT2D eigenvalue weighted by molar-refractivity contribution is 5.92. The van der Waals surface area contributed by atoms with Crippen LogP contribution in [0.25, 0.3) is 22.9 Å². The Morgan fingerprint density at radius 2 is 1.64 bits per heavy atom. The van der Waals surface area contributed by atoms with Gasteiger partial charge in [0.25, 0.3) is 0 Å². The Kier molecular flexibility index (Phi) is 7.43. The summed E-state index contributed by atoms with van der Waals surface area (Å²) >= 11 is 0. The smallest absolute Gasteiger partial charge is 0.246 e. The van der Waals surface area contributed by atoms with Gasteiger partial charge in [-0.25, -0.2) is 9.97 Å². The summed E-state index contributed by atoms with van der Waals surface area (Å²) in [7, 11) is 6.28. The van der Waals surface area contributed by atoms with E-state index in [0.717, 1.165) is 11.3 Å². The molecule has 1 fully saturated rings. The molecular weight excluding hydrogens is 502 g/mol. The molecule has 3 heterocycles. The third-order valence-electron chi connectivity index (χ3n) is 6.51. The summed E-state index contributed by atoms with van der Waals surface area (Å²) in [6, 6.07) is 11.1. The van der Waals surface area contributed by atoms with Crippen molar-refractivity contribution in [1.29, 1.82) is 0 Å². The van der Waals surface area contributed by atoms with Crippen LogP contribution in [-0.4, -0.2) is 90.4 Å². The monoisotopic (exact) mass is 531 g/mol. The molecule has 5 rings (SSSR count). The minimum atomic E-state index is -0.0831. The Morgan fingerprint density at radius 1 is 0.897 bits per heavy atom. The maximum Gasteiger partial charge on any atom is 0.246 e. The predicted octanol–water partition coefficient (Wildman–Crippen LogP) is 2.61. The third kappa shape index (κ3) is 5.13. The standard InChI is InChI=1S/C27H29N7O5/c1-36-20-7-5-6-19(16-20)34-27-24(30-31-34)26(28-17-29-27)33-12-10-32(11-13-33)23(35)9-8-18-14-21(37-2)25(39-4)22(15-18)38-3/h5-9,14-17H,10-13H2,1-4H3/b9-8-. The van der Waals surface area contributed by atoms with Gasteiger partial charge in [-0.1, -0.05) is 11.3 Å². The second-order valence-electron chi connectivity index (χ2n) is 8.68. The highest BCUT2D eigenvalue weighted by atomic mass is 16.5. The first-order chi connectivity index (χ1) is 19.1. The van der Waals surface area contributed by atoms with Gasteiger partial charge in [0.2, 0.25) is 11.7 Å². The van der Waals surface area contributed by atoms with E-state index in [1.807, 2.05) is 24.3 Å². The van der Waals surface area contributed by atoms with Crippen molar-refractivity contribution in [3.05, 3.63) is 54.4 Å². The minimum Gasteiger partial charge on any atom is -0.497 e. The van der Waals surface area contributed by atoms with Crippen molar-refractivity contribution in [2.45, 2.75) is 0 Å². The number of ether oxygens (including phenoxy) is 4. The molecule has 12 heteroatoms. The number of rotatable bonds is 8. The van der Waals surface area contributed by atoms with E-state index in [0.29, 0.717) is 66.2 Å². The van der Waals surface area contributed by atoms with Crippen molar-refractivity contribution in [1.82, 2.24) is 29.9 Å². The SMILES string of the molecule is COc1cccc(-n2nnc3c(N4CCN(C(=O)/C=C\c5cc(OC)c(OC)c(OC)c5)CC4)ncnc32)c1. The number of carbonyl (C=O) groups is 1. The van der Waals surface area contributed by atoms with Gasteiger partial charge >= 0.3 is 0 Å². The van der Waals surface area contributed by atoms with Crippen LogP contribution in [0.2, 0.25) is 0 Å². The number of piperazine rings is 1. The molecular formula is C27H29N7O5. The van der Waals surface area contributed by atoms with Gasteiger partial charge in [0, 0.05) is 38.3 Å². The summed E-state index contributed by atoms with van der Waals surface area (Å²) in [5, 5.41) is 8.68. The van der Waals surface area contributed by atoms with Crippen LogP contribution in [-0.2, 0) is 4.79 Å². The molecule has 1 amide bonds. The van der Waals surface area contributed by atoms with E-state index in [1.54, 1.807) is 62.3 Å². The highest BCUT2D eigenvalue weighted by Crippen LogP contribution is 2.38. The average Bonchev–Trinajstić information content (AvgIpc) is 3.44. The fraction of sp³-hybridized carbons (Fsp3) is 0.296. The zero-order valence-electron chi connectivity index (χ0n) is 22.2. The van der Waals surface area contributed by atoms with Crippen molar-refractivity contribution in [2.75, 3.05) is 59.5 Å². The molecule has 0 saturated carbocycles. The number of hydrogen-bond donors (Lipinski definition) is 0. The Bertz CT molecular complexity index is 1490. The average molecular weight is 532 g/mol. The normalized spacial score (nSPS) is 13.6. The fourth-order valence-electron chi connectivity index (χ4n) is 4.49. The highest BCUT2D eigenvalue weighted by Gasteiger charge is 2.24. The number of nitrogens with zero attached hydrogens (tertiary/aromatic N) is 7. The fourth-order valence-corrected chi connectivity index (χ4v) is 4.49. The van der Waals surface area contributed by atoms with Crippen molar-refractivity contribution in [3.63, 3.8) is 0 Å². The lowest BCUT2D eigenvalue weighted by Gasteiger charge is -2.34. The van der Waals surface area contributed by atoms with Crippen molar-refractivity contribution < 1.29 is 23.7 Å². The number of benzene rings is 2. The molecule has 0 aliphatic carbocycles. The van der Waals surface area contributed by atoms with Crippen LogP contribution in [0.5, 0.6) is 23.0 Å². The molecule has 4 aromatic rings. The molecule has 2 aromatic carbocycles. The maximum absolute atomic E-state index is 12.9. The van der Waals surface area contributed by atoms with Gasteiger partial charge in [-0.2, -0.15) is 4.68 Å². The molecule has 0 unspecified atom stereocenters. The van der Waals surface area contributed by atoms with Gasteiger partial charge in [0.1, 0.15) is 12.1 Å². The molecule has 0 radical (unpaired) electrons. The maximum atomic E-state index is 12.9. The molecule has 1 saturated heterocycles. The first-order valence-electron chi connectivity index (χ1n) is 12.3. The summed E-state index contributed by atoms with van der Waals surface area (Å²) in [6.07, 6.45) is 4.80. The Hall–Kier alpha value is -4.87. The van der Waals surface area contributed by atoms with Crippen molar-refractivity contribution in [2.24, 2.45) is 0 Å². The molecule has 2 aromatic heterocycles. The van der Waals surface area contributed by atoms with Gasteiger partial charge in [-0.3, -0.25) is 4.79 Å². The van der Waals surface area contributed by atoms with Gasteiger partial charge in [-0.15, -0.1) is 5.10 Å². The minimum absolute atomic E-state index is 0.0831. The molecule has 12 nitrogen and oxygen atoms in total. The van der Waals surface area contributed by atoms with E-state index in [1.165, 1.54) is 6.33 Å². The number of fused-ring (bicyclic) bond motifs is 1. The van der Waals surface area contributed by atoms with Gasteiger partial charge < -0.3 is 28.7 Å². The van der Waals surface area contributed by atoms with Crippen molar-refractivity contribution >= 4 is 29.0 Å². The number of aromatic nitrogens is 5. The lowest BCUT2D eigenvalue weighted by atomic mass is 10.1. The number of methoxy groups -OCH3 is 4. The van der Waals surface area contributed by atoms with Gasteiger partial charge in [-0.05, 0) is 35.9 Å². The van der Waals surface area contributed by atoms with E-state index in [2.05, 4.69) is 25.2 Å². The molecule has 39 heavy (non-hydrogen) atoms. The lowest BCUT2D eigenvalue weighted by molar-refractivity contribution is -0.126. The van der Waals surface area contributed by atoms with E-state index in [9.17, 15) is 4.79 Å². The zero-order valence-corrected chi connectivity index (χ0v) is 22.2. The van der Waals surface area contributed by atoms with Gasteiger partial charge in [0.15, 0.2) is 28.5 Å². The molecule has 1 aliphatic rings. The predicted molar refractivity (Wildman–Crippen MR) is 145 cm³/mol. The third-order valence-corrected chi connectivity index (χ3v) is 6.51. The van der Waals surface area contributed by atoms with E-state index < -0.39 is 0 Å².